The summed E-state index contributed by atoms with van der Waals surface area (Å²) in [5.74, 6) is -0.0142. The third-order valence-electron chi connectivity index (χ3n) is 3.76. The summed E-state index contributed by atoms with van der Waals surface area (Å²) in [7, 11) is 1.49. The molecule has 0 atom stereocenters. The lowest BCUT2D eigenvalue weighted by Crippen LogP contribution is -2.10. The second kappa shape index (κ2) is 8.51. The normalized spacial score (nSPS) is 14.8. The monoisotopic (exact) mass is 389 g/mol. The van der Waals surface area contributed by atoms with E-state index in [1.807, 2.05) is 6.92 Å². The van der Waals surface area contributed by atoms with Gasteiger partial charge in [-0.1, -0.05) is 24.3 Å². The van der Waals surface area contributed by atoms with E-state index < -0.39 is 12.6 Å². The van der Waals surface area contributed by atoms with Crippen LogP contribution in [0.15, 0.2) is 53.2 Å². The summed E-state index contributed by atoms with van der Waals surface area (Å²) < 4.78 is 45.7. The van der Waals surface area contributed by atoms with Gasteiger partial charge in [-0.05, 0) is 31.2 Å². The largest absolute Gasteiger partial charge is 0.492 e. The van der Waals surface area contributed by atoms with E-state index >= 15 is 0 Å². The number of hydrogen-bond donors (Lipinski definition) is 0. The van der Waals surface area contributed by atoms with Crippen molar-refractivity contribution in [3.63, 3.8) is 0 Å². The Kier molecular flexibility index (Phi) is 5.88. The van der Waals surface area contributed by atoms with Gasteiger partial charge >= 0.3 is 12.6 Å². The number of methoxy groups -OCH3 is 1. The number of halogens is 2. The molecule has 0 unspecified atom stereocenters. The SMILES string of the molecule is CCOc1cccc(/C=C2\N=C(c3ccccc3OC(F)F)OC2=O)c1OC. The van der Waals surface area contributed by atoms with Crippen molar-refractivity contribution in [2.75, 3.05) is 13.7 Å². The van der Waals surface area contributed by atoms with E-state index in [4.69, 9.17) is 14.2 Å². The van der Waals surface area contributed by atoms with Gasteiger partial charge in [-0.25, -0.2) is 9.79 Å². The predicted molar refractivity (Wildman–Crippen MR) is 97.8 cm³/mol. The third kappa shape index (κ3) is 4.11. The van der Waals surface area contributed by atoms with E-state index in [1.54, 1.807) is 24.3 Å². The summed E-state index contributed by atoms with van der Waals surface area (Å²) >= 11 is 0. The Hall–Kier alpha value is -3.42. The highest BCUT2D eigenvalue weighted by molar-refractivity contribution is 6.13. The lowest BCUT2D eigenvalue weighted by molar-refractivity contribution is -0.129. The van der Waals surface area contributed by atoms with Crippen LogP contribution in [0.25, 0.3) is 6.08 Å². The molecule has 0 amide bonds. The number of ether oxygens (including phenoxy) is 4. The molecule has 146 valence electrons. The summed E-state index contributed by atoms with van der Waals surface area (Å²) in [6.07, 6.45) is 1.48. The lowest BCUT2D eigenvalue weighted by Gasteiger charge is -2.11. The first kappa shape index (κ1) is 19.3. The van der Waals surface area contributed by atoms with E-state index in [1.165, 1.54) is 31.4 Å². The van der Waals surface area contributed by atoms with Crippen LogP contribution in [0.1, 0.15) is 18.1 Å². The molecule has 0 radical (unpaired) electrons. The number of benzene rings is 2. The molecule has 3 rings (SSSR count). The molecule has 6 nitrogen and oxygen atoms in total. The Morgan fingerprint density at radius 1 is 1.14 bits per heavy atom. The Balaban J connectivity index is 1.99. The highest BCUT2D eigenvalue weighted by Gasteiger charge is 2.27. The lowest BCUT2D eigenvalue weighted by atomic mass is 10.1. The fourth-order valence-corrected chi connectivity index (χ4v) is 2.65. The standard InChI is InChI=1S/C20H17F2NO5/c1-3-26-16-10-6-7-12(17(16)25-2)11-14-19(24)28-18(23-14)13-8-4-5-9-15(13)27-20(21)22/h4-11,20H,3H2,1-2H3/b14-11-. The molecule has 0 bridgehead atoms. The number of carbonyl (C=O) groups excluding carboxylic acids is 1. The van der Waals surface area contributed by atoms with Crippen molar-refractivity contribution in [2.24, 2.45) is 4.99 Å². The first-order valence-corrected chi connectivity index (χ1v) is 8.40. The zero-order chi connectivity index (χ0) is 20.1. The Morgan fingerprint density at radius 2 is 1.89 bits per heavy atom. The third-order valence-corrected chi connectivity index (χ3v) is 3.76. The molecule has 2 aromatic rings. The molecule has 0 fully saturated rings. The summed E-state index contributed by atoms with van der Waals surface area (Å²) in [5.41, 5.74) is 0.700. The smallest absolute Gasteiger partial charge is 0.387 e. The molecule has 1 aliphatic rings. The van der Waals surface area contributed by atoms with E-state index in [0.717, 1.165) is 0 Å². The van der Waals surface area contributed by atoms with Gasteiger partial charge in [0.1, 0.15) is 5.75 Å². The van der Waals surface area contributed by atoms with Crippen molar-refractivity contribution in [3.8, 4) is 17.2 Å². The van der Waals surface area contributed by atoms with E-state index in [2.05, 4.69) is 9.73 Å². The molecule has 0 aromatic heterocycles. The topological polar surface area (TPSA) is 66.3 Å². The number of hydrogen-bond acceptors (Lipinski definition) is 6. The van der Waals surface area contributed by atoms with Gasteiger partial charge in [0.05, 0.1) is 19.3 Å². The van der Waals surface area contributed by atoms with Crippen molar-refractivity contribution in [1.82, 2.24) is 0 Å². The van der Waals surface area contributed by atoms with Crippen LogP contribution in [0.4, 0.5) is 8.78 Å². The van der Waals surface area contributed by atoms with Gasteiger partial charge in [0.25, 0.3) is 0 Å². The molecule has 8 heteroatoms. The first-order valence-electron chi connectivity index (χ1n) is 8.40. The van der Waals surface area contributed by atoms with Crippen LogP contribution < -0.4 is 14.2 Å². The number of esters is 1. The van der Waals surface area contributed by atoms with Crippen LogP contribution in [0.5, 0.6) is 17.2 Å². The molecule has 1 aliphatic heterocycles. The number of carbonyl (C=O) groups is 1. The van der Waals surface area contributed by atoms with Crippen LogP contribution in [0.3, 0.4) is 0 Å². The molecule has 1 heterocycles. The number of rotatable bonds is 7. The van der Waals surface area contributed by atoms with Crippen LogP contribution in [-0.2, 0) is 9.53 Å². The minimum atomic E-state index is -3.01. The van der Waals surface area contributed by atoms with Crippen molar-refractivity contribution < 1.29 is 32.5 Å². The second-order valence-corrected chi connectivity index (χ2v) is 5.52. The van der Waals surface area contributed by atoms with Gasteiger partial charge in [-0.2, -0.15) is 8.78 Å². The maximum absolute atomic E-state index is 12.6. The quantitative estimate of drug-likeness (QED) is 0.528. The number of nitrogens with zero attached hydrogens (tertiary/aromatic N) is 1. The van der Waals surface area contributed by atoms with Crippen LogP contribution in [0.2, 0.25) is 0 Å². The van der Waals surface area contributed by atoms with Gasteiger partial charge in [-0.15, -0.1) is 0 Å². The molecular weight excluding hydrogens is 372 g/mol. The van der Waals surface area contributed by atoms with Crippen LogP contribution in [-0.4, -0.2) is 32.2 Å². The summed E-state index contributed by atoms with van der Waals surface area (Å²) in [4.78, 5) is 16.4. The molecule has 0 saturated carbocycles. The zero-order valence-electron chi connectivity index (χ0n) is 15.1. The Labute approximate surface area is 160 Å². The van der Waals surface area contributed by atoms with Gasteiger partial charge in [0, 0.05) is 5.56 Å². The maximum atomic E-state index is 12.6. The minimum Gasteiger partial charge on any atom is -0.492 e. The number of para-hydroxylation sites is 2. The molecule has 0 saturated heterocycles. The van der Waals surface area contributed by atoms with Crippen molar-refractivity contribution in [3.05, 3.63) is 59.3 Å². The number of alkyl halides is 2. The fraction of sp³-hybridized carbons (Fsp3) is 0.200. The molecule has 2 aromatic carbocycles. The van der Waals surface area contributed by atoms with Gasteiger partial charge in [0.2, 0.25) is 5.90 Å². The number of cyclic esters (lactones) is 1. The van der Waals surface area contributed by atoms with E-state index in [0.29, 0.717) is 23.7 Å². The summed E-state index contributed by atoms with van der Waals surface area (Å²) in [6.45, 7) is -0.727. The van der Waals surface area contributed by atoms with Crippen molar-refractivity contribution >= 4 is 17.9 Å². The van der Waals surface area contributed by atoms with E-state index in [9.17, 15) is 13.6 Å². The van der Waals surface area contributed by atoms with Crippen LogP contribution >= 0.6 is 0 Å². The summed E-state index contributed by atoms with van der Waals surface area (Å²) in [6, 6.07) is 11.2. The van der Waals surface area contributed by atoms with Crippen molar-refractivity contribution in [2.45, 2.75) is 13.5 Å². The summed E-state index contributed by atoms with van der Waals surface area (Å²) in [5, 5.41) is 0. The fourth-order valence-electron chi connectivity index (χ4n) is 2.65. The van der Waals surface area contributed by atoms with E-state index in [-0.39, 0.29) is 22.9 Å². The number of aliphatic imine (C=N–C) groups is 1. The van der Waals surface area contributed by atoms with Gasteiger partial charge in [0.15, 0.2) is 17.2 Å². The highest BCUT2D eigenvalue weighted by atomic mass is 19.3. The molecule has 28 heavy (non-hydrogen) atoms. The second-order valence-electron chi connectivity index (χ2n) is 5.52. The average molecular weight is 389 g/mol. The molecule has 0 N–H and O–H groups in total. The molecule has 0 aliphatic carbocycles. The van der Waals surface area contributed by atoms with Crippen molar-refractivity contribution in [1.29, 1.82) is 0 Å². The average Bonchev–Trinajstić information content (AvgIpc) is 3.02. The van der Waals surface area contributed by atoms with Gasteiger partial charge < -0.3 is 18.9 Å². The highest BCUT2D eigenvalue weighted by Crippen LogP contribution is 2.34. The Bertz CT molecular complexity index is 940. The maximum Gasteiger partial charge on any atom is 0.387 e. The van der Waals surface area contributed by atoms with Gasteiger partial charge in [-0.3, -0.25) is 0 Å². The van der Waals surface area contributed by atoms with Crippen LogP contribution in [0, 0.1) is 0 Å². The zero-order valence-corrected chi connectivity index (χ0v) is 15.1. The Morgan fingerprint density at radius 3 is 2.61 bits per heavy atom. The minimum absolute atomic E-state index is 0.00574. The molecule has 0 spiro atoms. The molecular formula is C20H17F2NO5. The first-order chi connectivity index (χ1) is 13.5. The predicted octanol–water partition coefficient (Wildman–Crippen LogP) is 4.04.